The first-order valence-corrected chi connectivity index (χ1v) is 7.36. The van der Waals surface area contributed by atoms with Crippen LogP contribution in [0.5, 0.6) is 0 Å². The number of carbonyl (C=O) groups is 1. The molecular formula is C14H26N2O2. The van der Waals surface area contributed by atoms with E-state index in [1.54, 1.807) is 0 Å². The van der Waals surface area contributed by atoms with E-state index in [4.69, 9.17) is 0 Å². The van der Waals surface area contributed by atoms with Crippen LogP contribution in [0.25, 0.3) is 0 Å². The fraction of sp³-hybridized carbons (Fsp3) is 0.929. The molecule has 4 heteroatoms. The van der Waals surface area contributed by atoms with Gasteiger partial charge in [0.15, 0.2) is 0 Å². The number of piperidine rings is 2. The summed E-state index contributed by atoms with van der Waals surface area (Å²) in [7, 11) is 0. The Hall–Kier alpha value is -0.610. The van der Waals surface area contributed by atoms with Crippen LogP contribution in [0.15, 0.2) is 0 Å². The summed E-state index contributed by atoms with van der Waals surface area (Å²) in [6, 6.07) is 0. The number of rotatable bonds is 3. The van der Waals surface area contributed by atoms with Gasteiger partial charge in [-0.15, -0.1) is 0 Å². The van der Waals surface area contributed by atoms with Gasteiger partial charge < -0.3 is 15.3 Å². The van der Waals surface area contributed by atoms with Crippen LogP contribution < -0.4 is 5.32 Å². The molecular weight excluding hydrogens is 228 g/mol. The summed E-state index contributed by atoms with van der Waals surface area (Å²) >= 11 is 0. The third-order valence-electron chi connectivity index (χ3n) is 4.34. The van der Waals surface area contributed by atoms with Gasteiger partial charge in [0.2, 0.25) is 5.91 Å². The summed E-state index contributed by atoms with van der Waals surface area (Å²) in [5.41, 5.74) is -0.204. The largest absolute Gasteiger partial charge is 0.391 e. The maximum atomic E-state index is 12.8. The van der Waals surface area contributed by atoms with Gasteiger partial charge in [-0.2, -0.15) is 0 Å². The predicted molar refractivity (Wildman–Crippen MR) is 71.3 cm³/mol. The van der Waals surface area contributed by atoms with Crippen molar-refractivity contribution in [3.63, 3.8) is 0 Å². The van der Waals surface area contributed by atoms with E-state index in [2.05, 4.69) is 12.2 Å². The molecule has 2 heterocycles. The molecule has 2 N–H and O–H groups in total. The number of nitrogens with zero attached hydrogens (tertiary/aromatic N) is 1. The summed E-state index contributed by atoms with van der Waals surface area (Å²) in [5.74, 6) is 0.273. The highest BCUT2D eigenvalue weighted by atomic mass is 16.3. The van der Waals surface area contributed by atoms with Crippen LogP contribution in [0.1, 0.15) is 45.4 Å². The fourth-order valence-corrected chi connectivity index (χ4v) is 3.42. The highest BCUT2D eigenvalue weighted by molar-refractivity contribution is 5.83. The number of β-amino-alcohol motifs (C(OH)–C–C–N with tert-alkyl or cyclic N) is 1. The number of carbonyl (C=O) groups excluding carboxylic acids is 1. The van der Waals surface area contributed by atoms with Gasteiger partial charge >= 0.3 is 0 Å². The lowest BCUT2D eigenvalue weighted by Gasteiger charge is -2.42. The number of aliphatic hydroxyl groups is 1. The van der Waals surface area contributed by atoms with E-state index >= 15 is 0 Å². The zero-order valence-corrected chi connectivity index (χ0v) is 11.5. The van der Waals surface area contributed by atoms with Gasteiger partial charge in [0.05, 0.1) is 11.5 Å². The van der Waals surface area contributed by atoms with Crippen molar-refractivity contribution < 1.29 is 9.90 Å². The number of likely N-dealkylation sites (tertiary alicyclic amines) is 1. The fourth-order valence-electron chi connectivity index (χ4n) is 3.42. The zero-order chi connectivity index (χ0) is 13.0. The zero-order valence-electron chi connectivity index (χ0n) is 11.5. The molecule has 2 saturated heterocycles. The van der Waals surface area contributed by atoms with Crippen molar-refractivity contribution in [2.24, 2.45) is 5.41 Å². The number of nitrogens with one attached hydrogen (secondary N) is 1. The average Bonchev–Trinajstić information content (AvgIpc) is 2.39. The monoisotopic (exact) mass is 254 g/mol. The van der Waals surface area contributed by atoms with E-state index in [0.717, 1.165) is 58.2 Å². The van der Waals surface area contributed by atoms with Crippen LogP contribution >= 0.6 is 0 Å². The summed E-state index contributed by atoms with van der Waals surface area (Å²) in [6.45, 7) is 5.34. The molecule has 0 saturated carbocycles. The van der Waals surface area contributed by atoms with Crippen molar-refractivity contribution in [1.29, 1.82) is 0 Å². The lowest BCUT2D eigenvalue weighted by molar-refractivity contribution is -0.147. The number of aliphatic hydroxyl groups excluding tert-OH is 1. The maximum Gasteiger partial charge on any atom is 0.230 e. The molecule has 4 nitrogen and oxygen atoms in total. The van der Waals surface area contributed by atoms with E-state index in [1.165, 1.54) is 0 Å². The summed E-state index contributed by atoms with van der Waals surface area (Å²) in [4.78, 5) is 14.7. The minimum atomic E-state index is -0.321. The Bertz CT molecular complexity index is 282. The smallest absolute Gasteiger partial charge is 0.230 e. The Labute approximate surface area is 110 Å². The van der Waals surface area contributed by atoms with Crippen LogP contribution in [0.4, 0.5) is 0 Å². The summed E-state index contributed by atoms with van der Waals surface area (Å²) in [5, 5.41) is 13.1. The number of amides is 1. The molecule has 2 fully saturated rings. The molecule has 0 aromatic carbocycles. The molecule has 2 atom stereocenters. The Kier molecular flexibility index (Phi) is 4.62. The Morgan fingerprint density at radius 3 is 2.94 bits per heavy atom. The Morgan fingerprint density at radius 2 is 2.33 bits per heavy atom. The molecule has 0 radical (unpaired) electrons. The van der Waals surface area contributed by atoms with Gasteiger partial charge in [0.1, 0.15) is 0 Å². The molecule has 2 rings (SSSR count). The highest BCUT2D eigenvalue weighted by Gasteiger charge is 2.42. The molecule has 2 aliphatic heterocycles. The van der Waals surface area contributed by atoms with Gasteiger partial charge in [-0.3, -0.25) is 4.79 Å². The van der Waals surface area contributed by atoms with Crippen molar-refractivity contribution in [3.8, 4) is 0 Å². The summed E-state index contributed by atoms with van der Waals surface area (Å²) in [6.07, 6.45) is 5.54. The Balaban J connectivity index is 2.07. The second kappa shape index (κ2) is 6.02. The summed E-state index contributed by atoms with van der Waals surface area (Å²) < 4.78 is 0. The quantitative estimate of drug-likeness (QED) is 0.794. The van der Waals surface area contributed by atoms with Crippen LogP contribution in [0.2, 0.25) is 0 Å². The van der Waals surface area contributed by atoms with E-state index in [-0.39, 0.29) is 17.4 Å². The van der Waals surface area contributed by atoms with Crippen molar-refractivity contribution in [2.45, 2.75) is 51.6 Å². The average molecular weight is 254 g/mol. The molecule has 0 aromatic heterocycles. The SMILES string of the molecule is CCCC1(C(=O)N2CCCC(O)C2)CCCNC1. The van der Waals surface area contributed by atoms with Crippen molar-refractivity contribution in [3.05, 3.63) is 0 Å². The van der Waals surface area contributed by atoms with Gasteiger partial charge in [0.25, 0.3) is 0 Å². The van der Waals surface area contributed by atoms with E-state index < -0.39 is 0 Å². The Morgan fingerprint density at radius 1 is 1.50 bits per heavy atom. The standard InChI is InChI=1S/C14H26N2O2/c1-2-6-14(7-4-8-15-11-14)13(18)16-9-3-5-12(17)10-16/h12,15,17H,2-11H2,1H3. The van der Waals surface area contributed by atoms with E-state index in [0.29, 0.717) is 6.54 Å². The number of hydrogen-bond acceptors (Lipinski definition) is 3. The van der Waals surface area contributed by atoms with Gasteiger partial charge in [-0.05, 0) is 38.6 Å². The second-order valence-corrected chi connectivity index (χ2v) is 5.86. The first kappa shape index (κ1) is 13.8. The van der Waals surface area contributed by atoms with Crippen LogP contribution in [0.3, 0.4) is 0 Å². The van der Waals surface area contributed by atoms with Crippen LogP contribution in [-0.2, 0) is 4.79 Å². The topological polar surface area (TPSA) is 52.6 Å². The molecule has 2 aliphatic rings. The third-order valence-corrected chi connectivity index (χ3v) is 4.34. The molecule has 18 heavy (non-hydrogen) atoms. The lowest BCUT2D eigenvalue weighted by atomic mass is 9.75. The normalized spacial score (nSPS) is 33.4. The molecule has 0 bridgehead atoms. The van der Waals surface area contributed by atoms with E-state index in [9.17, 15) is 9.90 Å². The molecule has 104 valence electrons. The molecule has 0 aliphatic carbocycles. The third kappa shape index (κ3) is 2.86. The first-order valence-electron chi connectivity index (χ1n) is 7.36. The molecule has 1 amide bonds. The maximum absolute atomic E-state index is 12.8. The molecule has 0 spiro atoms. The second-order valence-electron chi connectivity index (χ2n) is 5.86. The van der Waals surface area contributed by atoms with E-state index in [1.807, 2.05) is 4.90 Å². The van der Waals surface area contributed by atoms with Crippen molar-refractivity contribution in [1.82, 2.24) is 10.2 Å². The minimum absolute atomic E-state index is 0.204. The van der Waals surface area contributed by atoms with Crippen LogP contribution in [-0.4, -0.2) is 48.2 Å². The molecule has 0 aromatic rings. The van der Waals surface area contributed by atoms with Crippen molar-refractivity contribution >= 4 is 5.91 Å². The van der Waals surface area contributed by atoms with Gasteiger partial charge in [-0.1, -0.05) is 13.3 Å². The van der Waals surface area contributed by atoms with Gasteiger partial charge in [-0.25, -0.2) is 0 Å². The minimum Gasteiger partial charge on any atom is -0.391 e. The molecule has 2 unspecified atom stereocenters. The first-order chi connectivity index (χ1) is 8.68. The van der Waals surface area contributed by atoms with Gasteiger partial charge in [0, 0.05) is 19.6 Å². The number of hydrogen-bond donors (Lipinski definition) is 2. The predicted octanol–water partition coefficient (Wildman–Crippen LogP) is 1.14. The van der Waals surface area contributed by atoms with Crippen molar-refractivity contribution in [2.75, 3.05) is 26.2 Å². The highest BCUT2D eigenvalue weighted by Crippen LogP contribution is 2.34. The van der Waals surface area contributed by atoms with Crippen LogP contribution in [0, 0.1) is 5.41 Å². The lowest BCUT2D eigenvalue weighted by Crippen LogP contribution is -2.54.